The molecule has 0 bridgehead atoms. The van der Waals surface area contributed by atoms with Crippen LogP contribution in [-0.4, -0.2) is 36.6 Å². The second-order valence-corrected chi connectivity index (χ2v) is 8.54. The highest BCUT2D eigenvalue weighted by molar-refractivity contribution is 7.93. The van der Waals surface area contributed by atoms with Gasteiger partial charge in [-0.15, -0.1) is 0 Å². The van der Waals surface area contributed by atoms with Gasteiger partial charge in [-0.3, -0.25) is 4.79 Å². The van der Waals surface area contributed by atoms with Gasteiger partial charge in [-0.05, 0) is 19.1 Å². The van der Waals surface area contributed by atoms with Crippen molar-refractivity contribution in [1.82, 2.24) is 15.3 Å². The molecule has 1 N–H and O–H groups in total. The number of nitrogens with zero attached hydrogens (tertiary/aromatic N) is 2. The Hall–Kier alpha value is -3.52. The van der Waals surface area contributed by atoms with Gasteiger partial charge in [0.05, 0.1) is 0 Å². The maximum atomic E-state index is 12.8. The predicted molar refractivity (Wildman–Crippen MR) is 115 cm³/mol. The predicted octanol–water partition coefficient (Wildman–Crippen LogP) is 3.61. The van der Waals surface area contributed by atoms with Crippen LogP contribution in [0.2, 0.25) is 0 Å². The summed E-state index contributed by atoms with van der Waals surface area (Å²) in [6, 6.07) is 17.8. The van der Waals surface area contributed by atoms with Crippen molar-refractivity contribution >= 4 is 15.7 Å². The molecule has 0 aliphatic rings. The molecule has 0 aliphatic carbocycles. The molecule has 8 heteroatoms. The van der Waals surface area contributed by atoms with Crippen LogP contribution in [0.15, 0.2) is 78.3 Å². The molecule has 2 aromatic carbocycles. The van der Waals surface area contributed by atoms with E-state index >= 15 is 0 Å². The van der Waals surface area contributed by atoms with Gasteiger partial charge in [0.1, 0.15) is 11.3 Å². The Morgan fingerprint density at radius 3 is 2.33 bits per heavy atom. The van der Waals surface area contributed by atoms with E-state index in [9.17, 15) is 13.2 Å². The second kappa shape index (κ2) is 9.32. The molecule has 30 heavy (non-hydrogen) atoms. The van der Waals surface area contributed by atoms with Crippen LogP contribution in [0.1, 0.15) is 17.3 Å². The van der Waals surface area contributed by atoms with Crippen molar-refractivity contribution in [3.05, 3.63) is 83.9 Å². The Morgan fingerprint density at radius 1 is 1.07 bits per heavy atom. The minimum atomic E-state index is -3.29. The van der Waals surface area contributed by atoms with Crippen LogP contribution in [0.3, 0.4) is 0 Å². The fourth-order valence-electron chi connectivity index (χ4n) is 2.52. The maximum absolute atomic E-state index is 12.8. The van der Waals surface area contributed by atoms with E-state index in [0.29, 0.717) is 11.6 Å². The largest absolute Gasteiger partial charge is 0.438 e. The molecule has 1 atom stereocenters. The van der Waals surface area contributed by atoms with E-state index in [0.717, 1.165) is 17.2 Å². The molecule has 0 aliphatic heterocycles. The van der Waals surface area contributed by atoms with E-state index in [4.69, 9.17) is 4.74 Å². The third-order valence-electron chi connectivity index (χ3n) is 3.96. The summed E-state index contributed by atoms with van der Waals surface area (Å²) in [5.74, 6) is 0.565. The van der Waals surface area contributed by atoms with Gasteiger partial charge in [0.25, 0.3) is 5.91 Å². The van der Waals surface area contributed by atoms with Crippen molar-refractivity contribution in [3.63, 3.8) is 0 Å². The molecule has 7 nitrogen and oxygen atoms in total. The minimum absolute atomic E-state index is 0.104. The summed E-state index contributed by atoms with van der Waals surface area (Å²) in [4.78, 5) is 21.5. The molecule has 1 aromatic heterocycles. The molecule has 0 radical (unpaired) electrons. The Kier molecular flexibility index (Phi) is 6.58. The normalized spacial score (nSPS) is 12.5. The highest BCUT2D eigenvalue weighted by atomic mass is 32.2. The van der Waals surface area contributed by atoms with Crippen LogP contribution in [-0.2, 0) is 9.84 Å². The first kappa shape index (κ1) is 21.2. The summed E-state index contributed by atoms with van der Waals surface area (Å²) < 4.78 is 28.4. The lowest BCUT2D eigenvalue weighted by atomic mass is 10.2. The number of ether oxygens (including phenoxy) is 1. The first-order valence-electron chi connectivity index (χ1n) is 9.16. The Labute approximate surface area is 175 Å². The smallest absolute Gasteiger partial charge is 0.258 e. The van der Waals surface area contributed by atoms with Crippen molar-refractivity contribution in [2.45, 2.75) is 13.0 Å². The van der Waals surface area contributed by atoms with Gasteiger partial charge in [0, 0.05) is 29.5 Å². The zero-order valence-corrected chi connectivity index (χ0v) is 17.3. The van der Waals surface area contributed by atoms with E-state index < -0.39 is 21.8 Å². The first-order chi connectivity index (χ1) is 14.3. The number of hydrogen-bond donors (Lipinski definition) is 1. The lowest BCUT2D eigenvalue weighted by molar-refractivity contribution is 0.0943. The van der Waals surface area contributed by atoms with Crippen LogP contribution < -0.4 is 10.1 Å². The van der Waals surface area contributed by atoms with Gasteiger partial charge in [0.2, 0.25) is 5.88 Å². The molecule has 154 valence electrons. The monoisotopic (exact) mass is 423 g/mol. The molecular weight excluding hydrogens is 402 g/mol. The number of nitrogens with one attached hydrogen (secondary N) is 1. The molecule has 3 aromatic rings. The van der Waals surface area contributed by atoms with Gasteiger partial charge in [-0.25, -0.2) is 13.4 Å². The third kappa shape index (κ3) is 5.99. The van der Waals surface area contributed by atoms with Crippen molar-refractivity contribution in [1.29, 1.82) is 0 Å². The molecule has 0 spiro atoms. The van der Waals surface area contributed by atoms with E-state index in [1.165, 1.54) is 12.3 Å². The molecule has 3 rings (SSSR count). The van der Waals surface area contributed by atoms with Crippen molar-refractivity contribution in [3.8, 4) is 23.0 Å². The van der Waals surface area contributed by atoms with Crippen molar-refractivity contribution in [2.24, 2.45) is 0 Å². The number of amides is 1. The fraction of sp³-hybridized carbons (Fsp3) is 0.136. The molecule has 1 heterocycles. The highest BCUT2D eigenvalue weighted by Gasteiger charge is 2.19. The molecule has 0 saturated carbocycles. The van der Waals surface area contributed by atoms with E-state index in [-0.39, 0.29) is 11.4 Å². The van der Waals surface area contributed by atoms with Gasteiger partial charge < -0.3 is 10.1 Å². The SMILES string of the molecule is CC(/C=C/S(C)(=O)=O)NC(=O)c1cnc(-c2ccccc2)nc1Oc1ccccc1. The number of carbonyl (C=O) groups is 1. The van der Waals surface area contributed by atoms with E-state index in [1.54, 1.807) is 19.1 Å². The van der Waals surface area contributed by atoms with Crippen molar-refractivity contribution < 1.29 is 17.9 Å². The Morgan fingerprint density at radius 2 is 1.70 bits per heavy atom. The number of benzene rings is 2. The summed E-state index contributed by atoms with van der Waals surface area (Å²) in [6.45, 7) is 1.66. The number of hydrogen-bond acceptors (Lipinski definition) is 6. The molecular formula is C22H21N3O4S. The topological polar surface area (TPSA) is 98.2 Å². The quantitative estimate of drug-likeness (QED) is 0.623. The van der Waals surface area contributed by atoms with Crippen LogP contribution in [0.4, 0.5) is 0 Å². The summed E-state index contributed by atoms with van der Waals surface area (Å²) in [6.07, 6.45) is 3.88. The molecule has 1 unspecified atom stereocenters. The number of aromatic nitrogens is 2. The lowest BCUT2D eigenvalue weighted by Crippen LogP contribution is -2.31. The highest BCUT2D eigenvalue weighted by Crippen LogP contribution is 2.26. The van der Waals surface area contributed by atoms with Crippen molar-refractivity contribution in [2.75, 3.05) is 6.26 Å². The minimum Gasteiger partial charge on any atom is -0.438 e. The molecule has 0 fully saturated rings. The summed E-state index contributed by atoms with van der Waals surface area (Å²) in [7, 11) is -3.29. The molecule has 1 amide bonds. The summed E-state index contributed by atoms with van der Waals surface area (Å²) in [5.41, 5.74) is 0.921. The van der Waals surface area contributed by atoms with Gasteiger partial charge in [-0.2, -0.15) is 4.98 Å². The lowest BCUT2D eigenvalue weighted by Gasteiger charge is -2.13. The number of para-hydroxylation sites is 1. The van der Waals surface area contributed by atoms with Crippen LogP contribution in [0, 0.1) is 0 Å². The van der Waals surface area contributed by atoms with Gasteiger partial charge in [-0.1, -0.05) is 54.6 Å². The van der Waals surface area contributed by atoms with E-state index in [2.05, 4.69) is 15.3 Å². The third-order valence-corrected chi connectivity index (χ3v) is 4.61. The molecule has 0 saturated heterocycles. The van der Waals surface area contributed by atoms with E-state index in [1.807, 2.05) is 48.5 Å². The standard InChI is InChI=1S/C22H21N3O4S/c1-16(13-14-30(2,27)28)24-21(26)19-15-23-20(17-9-5-3-6-10-17)25-22(19)29-18-11-7-4-8-12-18/h3-16H,1-2H3,(H,24,26)/b14-13+. The average molecular weight is 423 g/mol. The Bertz CT molecular complexity index is 1150. The van der Waals surface area contributed by atoms with Gasteiger partial charge >= 0.3 is 0 Å². The summed E-state index contributed by atoms with van der Waals surface area (Å²) in [5, 5.41) is 3.75. The zero-order valence-electron chi connectivity index (χ0n) is 16.5. The maximum Gasteiger partial charge on any atom is 0.258 e. The summed E-state index contributed by atoms with van der Waals surface area (Å²) >= 11 is 0. The van der Waals surface area contributed by atoms with Crippen LogP contribution >= 0.6 is 0 Å². The van der Waals surface area contributed by atoms with Crippen LogP contribution in [0.25, 0.3) is 11.4 Å². The first-order valence-corrected chi connectivity index (χ1v) is 11.1. The van der Waals surface area contributed by atoms with Crippen LogP contribution in [0.5, 0.6) is 11.6 Å². The zero-order chi connectivity index (χ0) is 21.6. The average Bonchev–Trinajstić information content (AvgIpc) is 2.73. The second-order valence-electron chi connectivity index (χ2n) is 6.61. The number of rotatable bonds is 7. The van der Waals surface area contributed by atoms with Gasteiger partial charge in [0.15, 0.2) is 15.7 Å². The fourth-order valence-corrected chi connectivity index (χ4v) is 3.04. The Balaban J connectivity index is 1.92. The number of sulfone groups is 1. The number of carbonyl (C=O) groups excluding carboxylic acids is 1.